The second-order valence-electron chi connectivity index (χ2n) is 4.90. The van der Waals surface area contributed by atoms with Crippen molar-refractivity contribution in [2.45, 2.75) is 13.5 Å². The van der Waals surface area contributed by atoms with E-state index in [1.54, 1.807) is 38.5 Å². The summed E-state index contributed by atoms with van der Waals surface area (Å²) in [7, 11) is 3.12. The summed E-state index contributed by atoms with van der Waals surface area (Å²) < 4.78 is 15.8. The van der Waals surface area contributed by atoms with Crippen molar-refractivity contribution in [2.24, 2.45) is 0 Å². The molecule has 118 valence electrons. The standard InChI is InChI=1S/C18H17NO4/c1-12-7-16(21-2)17(22-3)9-15(12)11-23-18(20)14-6-4-5-13(8-14)10-19/h4-9H,11H2,1-3H3. The lowest BCUT2D eigenvalue weighted by molar-refractivity contribution is 0.0471. The molecule has 0 spiro atoms. The lowest BCUT2D eigenvalue weighted by Gasteiger charge is -2.13. The molecule has 0 N–H and O–H groups in total. The molecule has 2 aromatic rings. The van der Waals surface area contributed by atoms with Gasteiger partial charge in [-0.2, -0.15) is 5.26 Å². The third-order valence-corrected chi connectivity index (χ3v) is 3.43. The normalized spacial score (nSPS) is 9.83. The second-order valence-corrected chi connectivity index (χ2v) is 4.90. The molecule has 0 fully saturated rings. The van der Waals surface area contributed by atoms with Crippen molar-refractivity contribution in [3.63, 3.8) is 0 Å². The Labute approximate surface area is 135 Å². The summed E-state index contributed by atoms with van der Waals surface area (Å²) in [6, 6.07) is 12.0. The first-order chi connectivity index (χ1) is 11.1. The van der Waals surface area contributed by atoms with Gasteiger partial charge in [-0.05, 0) is 48.4 Å². The third-order valence-electron chi connectivity index (χ3n) is 3.43. The number of nitriles is 1. The topological polar surface area (TPSA) is 68.5 Å². The van der Waals surface area contributed by atoms with Crippen LogP contribution < -0.4 is 9.47 Å². The molecule has 2 aromatic carbocycles. The molecule has 0 amide bonds. The highest BCUT2D eigenvalue weighted by molar-refractivity contribution is 5.89. The van der Waals surface area contributed by atoms with Crippen LogP contribution in [0.2, 0.25) is 0 Å². The second kappa shape index (κ2) is 7.32. The molecule has 0 aromatic heterocycles. The van der Waals surface area contributed by atoms with Crippen molar-refractivity contribution in [3.8, 4) is 17.6 Å². The number of aryl methyl sites for hydroxylation is 1. The fourth-order valence-electron chi connectivity index (χ4n) is 2.12. The van der Waals surface area contributed by atoms with Crippen LogP contribution in [0.4, 0.5) is 0 Å². The first kappa shape index (κ1) is 16.4. The third kappa shape index (κ3) is 3.80. The van der Waals surface area contributed by atoms with Crippen molar-refractivity contribution < 1.29 is 19.0 Å². The largest absolute Gasteiger partial charge is 0.493 e. The summed E-state index contributed by atoms with van der Waals surface area (Å²) in [5.41, 5.74) is 2.53. The first-order valence-electron chi connectivity index (χ1n) is 6.97. The van der Waals surface area contributed by atoms with Crippen LogP contribution in [0.15, 0.2) is 36.4 Å². The van der Waals surface area contributed by atoms with Gasteiger partial charge in [0.1, 0.15) is 6.61 Å². The van der Waals surface area contributed by atoms with Crippen LogP contribution in [0.3, 0.4) is 0 Å². The number of rotatable bonds is 5. The van der Waals surface area contributed by atoms with Gasteiger partial charge in [-0.15, -0.1) is 0 Å². The van der Waals surface area contributed by atoms with E-state index in [1.165, 1.54) is 6.07 Å². The molecule has 23 heavy (non-hydrogen) atoms. The molecule has 2 rings (SSSR count). The number of nitrogens with zero attached hydrogens (tertiary/aromatic N) is 1. The Morgan fingerprint density at radius 3 is 2.48 bits per heavy atom. The molecule has 5 nitrogen and oxygen atoms in total. The molecule has 5 heteroatoms. The van der Waals surface area contributed by atoms with E-state index in [-0.39, 0.29) is 6.61 Å². The molecule has 0 bridgehead atoms. The van der Waals surface area contributed by atoms with Gasteiger partial charge in [0.05, 0.1) is 31.4 Å². The summed E-state index contributed by atoms with van der Waals surface area (Å²) >= 11 is 0. The number of carbonyl (C=O) groups is 1. The predicted octanol–water partition coefficient (Wildman–Crippen LogP) is 3.24. The minimum atomic E-state index is -0.476. The van der Waals surface area contributed by atoms with Crippen molar-refractivity contribution in [1.29, 1.82) is 5.26 Å². The van der Waals surface area contributed by atoms with Gasteiger partial charge in [0.15, 0.2) is 11.5 Å². The molecule has 0 atom stereocenters. The van der Waals surface area contributed by atoms with Gasteiger partial charge in [0.25, 0.3) is 0 Å². The number of benzene rings is 2. The number of ether oxygens (including phenoxy) is 3. The first-order valence-corrected chi connectivity index (χ1v) is 6.97. The molecule has 0 aliphatic rings. The number of carbonyl (C=O) groups excluding carboxylic acids is 1. The highest BCUT2D eigenvalue weighted by Crippen LogP contribution is 2.30. The molecule has 0 saturated heterocycles. The van der Waals surface area contributed by atoms with Crippen LogP contribution >= 0.6 is 0 Å². The zero-order valence-electron chi connectivity index (χ0n) is 13.3. The molecule has 0 heterocycles. The summed E-state index contributed by atoms with van der Waals surface area (Å²) in [4.78, 5) is 12.1. The van der Waals surface area contributed by atoms with E-state index < -0.39 is 5.97 Å². The average molecular weight is 311 g/mol. The number of methoxy groups -OCH3 is 2. The summed E-state index contributed by atoms with van der Waals surface area (Å²) in [5, 5.41) is 8.87. The van der Waals surface area contributed by atoms with E-state index in [4.69, 9.17) is 19.5 Å². The van der Waals surface area contributed by atoms with E-state index >= 15 is 0 Å². The number of esters is 1. The van der Waals surface area contributed by atoms with Crippen molar-refractivity contribution >= 4 is 5.97 Å². The van der Waals surface area contributed by atoms with Gasteiger partial charge in [0, 0.05) is 0 Å². The Kier molecular flexibility index (Phi) is 5.21. The van der Waals surface area contributed by atoms with Crippen LogP contribution in [0.1, 0.15) is 27.0 Å². The number of hydrogen-bond donors (Lipinski definition) is 0. The van der Waals surface area contributed by atoms with Gasteiger partial charge in [-0.1, -0.05) is 6.07 Å². The van der Waals surface area contributed by atoms with Gasteiger partial charge < -0.3 is 14.2 Å². The molecule has 0 aliphatic heterocycles. The Morgan fingerprint density at radius 1 is 1.13 bits per heavy atom. The number of hydrogen-bond acceptors (Lipinski definition) is 5. The van der Waals surface area contributed by atoms with Gasteiger partial charge >= 0.3 is 5.97 Å². The van der Waals surface area contributed by atoms with Crippen LogP contribution in [0.25, 0.3) is 0 Å². The monoisotopic (exact) mass is 311 g/mol. The van der Waals surface area contributed by atoms with E-state index in [0.29, 0.717) is 22.6 Å². The van der Waals surface area contributed by atoms with E-state index in [9.17, 15) is 4.79 Å². The highest BCUT2D eigenvalue weighted by Gasteiger charge is 2.12. The highest BCUT2D eigenvalue weighted by atomic mass is 16.5. The maximum Gasteiger partial charge on any atom is 0.338 e. The minimum Gasteiger partial charge on any atom is -0.493 e. The van der Waals surface area contributed by atoms with Crippen molar-refractivity contribution in [1.82, 2.24) is 0 Å². The molecule has 0 aliphatic carbocycles. The van der Waals surface area contributed by atoms with Crippen molar-refractivity contribution in [2.75, 3.05) is 14.2 Å². The molecule has 0 saturated carbocycles. The fourth-order valence-corrected chi connectivity index (χ4v) is 2.12. The van der Waals surface area contributed by atoms with Crippen LogP contribution in [-0.2, 0) is 11.3 Å². The predicted molar refractivity (Wildman–Crippen MR) is 84.6 cm³/mol. The molecular formula is C18H17NO4. The van der Waals surface area contributed by atoms with Crippen LogP contribution in [0, 0.1) is 18.3 Å². The zero-order chi connectivity index (χ0) is 16.8. The Hall–Kier alpha value is -3.00. The maximum atomic E-state index is 12.1. The lowest BCUT2D eigenvalue weighted by atomic mass is 10.1. The van der Waals surface area contributed by atoms with E-state index in [0.717, 1.165) is 11.1 Å². The van der Waals surface area contributed by atoms with Gasteiger partial charge in [0.2, 0.25) is 0 Å². The summed E-state index contributed by atoms with van der Waals surface area (Å²) in [6.07, 6.45) is 0. The molecular weight excluding hydrogens is 294 g/mol. The van der Waals surface area contributed by atoms with Gasteiger partial charge in [-0.25, -0.2) is 4.79 Å². The SMILES string of the molecule is COc1cc(C)c(COC(=O)c2cccc(C#N)c2)cc1OC. The van der Waals surface area contributed by atoms with Crippen LogP contribution in [-0.4, -0.2) is 20.2 Å². The van der Waals surface area contributed by atoms with Crippen molar-refractivity contribution in [3.05, 3.63) is 58.7 Å². The lowest BCUT2D eigenvalue weighted by Crippen LogP contribution is -2.06. The van der Waals surface area contributed by atoms with Crippen LogP contribution in [0.5, 0.6) is 11.5 Å². The minimum absolute atomic E-state index is 0.113. The molecule has 0 unspecified atom stereocenters. The maximum absolute atomic E-state index is 12.1. The van der Waals surface area contributed by atoms with Gasteiger partial charge in [-0.3, -0.25) is 0 Å². The Balaban J connectivity index is 2.14. The average Bonchev–Trinajstić information content (AvgIpc) is 2.60. The quantitative estimate of drug-likeness (QED) is 0.793. The van der Waals surface area contributed by atoms with E-state index in [1.807, 2.05) is 19.1 Å². The van der Waals surface area contributed by atoms with E-state index in [2.05, 4.69) is 0 Å². The summed E-state index contributed by atoms with van der Waals surface area (Å²) in [6.45, 7) is 2.02. The smallest absolute Gasteiger partial charge is 0.338 e. The Morgan fingerprint density at radius 2 is 1.83 bits per heavy atom. The Bertz CT molecular complexity index is 762. The summed E-state index contributed by atoms with van der Waals surface area (Å²) in [5.74, 6) is 0.730. The fraction of sp³-hybridized carbons (Fsp3) is 0.222. The zero-order valence-corrected chi connectivity index (χ0v) is 13.3. The molecule has 0 radical (unpaired) electrons.